The van der Waals surface area contributed by atoms with Crippen LogP contribution in [0.3, 0.4) is 0 Å². The topological polar surface area (TPSA) is 117 Å². The average Bonchev–Trinajstić information content (AvgIpc) is 3.25. The molecule has 4 heterocycles. The van der Waals surface area contributed by atoms with Gasteiger partial charge in [0.1, 0.15) is 5.52 Å². The molecule has 1 aliphatic rings. The zero-order valence-electron chi connectivity index (χ0n) is 19.0. The van der Waals surface area contributed by atoms with Crippen molar-refractivity contribution in [3.63, 3.8) is 0 Å². The third kappa shape index (κ3) is 4.73. The second-order valence-electron chi connectivity index (χ2n) is 8.45. The van der Waals surface area contributed by atoms with Crippen molar-refractivity contribution in [3.05, 3.63) is 83.3 Å². The van der Waals surface area contributed by atoms with Crippen molar-refractivity contribution in [2.45, 2.75) is 25.8 Å². The highest BCUT2D eigenvalue weighted by Crippen LogP contribution is 2.23. The van der Waals surface area contributed by atoms with E-state index in [1.165, 1.54) is 6.07 Å². The van der Waals surface area contributed by atoms with E-state index in [-0.39, 0.29) is 5.91 Å². The number of likely N-dealkylation sites (tertiary alicyclic amines) is 1. The average molecular weight is 466 g/mol. The summed E-state index contributed by atoms with van der Waals surface area (Å²) in [5.74, 6) is -0.152. The summed E-state index contributed by atoms with van der Waals surface area (Å²) in [5, 5.41) is 12.0. The van der Waals surface area contributed by atoms with Crippen molar-refractivity contribution in [2.75, 3.05) is 18.4 Å². The molecule has 5 rings (SSSR count). The first-order valence-electron chi connectivity index (χ1n) is 11.5. The minimum absolute atomic E-state index is 0.0557. The molecule has 174 valence electrons. The number of rotatable bonds is 5. The van der Waals surface area contributed by atoms with E-state index in [2.05, 4.69) is 20.3 Å². The van der Waals surface area contributed by atoms with Crippen molar-refractivity contribution in [2.24, 2.45) is 0 Å². The van der Waals surface area contributed by atoms with E-state index < -0.39 is 5.91 Å². The van der Waals surface area contributed by atoms with Crippen molar-refractivity contribution in [1.82, 2.24) is 24.4 Å². The fraction of sp³-hybridized carbons (Fsp3) is 0.231. The number of piperidine rings is 1. The van der Waals surface area contributed by atoms with Crippen LogP contribution in [-0.2, 0) is 6.54 Å². The number of benzene rings is 1. The predicted molar refractivity (Wildman–Crippen MR) is 130 cm³/mol. The summed E-state index contributed by atoms with van der Waals surface area (Å²) in [6.07, 6.45) is 8.15. The predicted octanol–water partition coefficient (Wildman–Crippen LogP) is 3.62. The Labute approximate surface area is 202 Å². The molecule has 0 atom stereocenters. The van der Waals surface area contributed by atoms with Crippen molar-refractivity contribution >= 4 is 28.9 Å². The number of fused-ring (bicyclic) bond motifs is 1. The zero-order chi connectivity index (χ0) is 24.2. The molecule has 0 spiro atoms. The van der Waals surface area contributed by atoms with Gasteiger partial charge in [0, 0.05) is 37.2 Å². The van der Waals surface area contributed by atoms with E-state index in [1.54, 1.807) is 47.4 Å². The van der Waals surface area contributed by atoms with Crippen LogP contribution in [0.4, 0.5) is 5.95 Å². The van der Waals surface area contributed by atoms with Gasteiger partial charge in [-0.3, -0.25) is 24.5 Å². The second-order valence-corrected chi connectivity index (χ2v) is 8.45. The first kappa shape index (κ1) is 22.2. The summed E-state index contributed by atoms with van der Waals surface area (Å²) in [7, 11) is 0. The van der Waals surface area contributed by atoms with E-state index >= 15 is 0 Å². The van der Waals surface area contributed by atoms with Crippen LogP contribution >= 0.6 is 0 Å². The number of carbonyl (C=O) groups is 2. The monoisotopic (exact) mass is 465 g/mol. The van der Waals surface area contributed by atoms with E-state index in [9.17, 15) is 9.59 Å². The van der Waals surface area contributed by atoms with Crippen LogP contribution < -0.4 is 5.32 Å². The van der Waals surface area contributed by atoms with Crippen LogP contribution in [0.15, 0.2) is 61.1 Å². The molecule has 4 aromatic rings. The molecule has 0 saturated carbocycles. The Morgan fingerprint density at radius 3 is 2.66 bits per heavy atom. The summed E-state index contributed by atoms with van der Waals surface area (Å²) >= 11 is 0. The maximum atomic E-state index is 13.0. The molecule has 1 fully saturated rings. The van der Waals surface area contributed by atoms with Crippen molar-refractivity contribution in [3.8, 4) is 6.07 Å². The molecule has 9 nitrogen and oxygen atoms in total. The van der Waals surface area contributed by atoms with E-state index in [1.807, 2.05) is 23.1 Å². The second kappa shape index (κ2) is 9.73. The quantitative estimate of drug-likeness (QED) is 0.481. The molecule has 1 aromatic carbocycles. The van der Waals surface area contributed by atoms with Crippen molar-refractivity contribution in [1.29, 1.82) is 5.26 Å². The normalized spacial score (nSPS) is 13.4. The maximum Gasteiger partial charge on any atom is 0.258 e. The van der Waals surface area contributed by atoms with Gasteiger partial charge in [0.15, 0.2) is 5.65 Å². The Morgan fingerprint density at radius 2 is 1.89 bits per heavy atom. The molecule has 0 unspecified atom stereocenters. The minimum atomic E-state index is -0.394. The number of anilines is 1. The zero-order valence-corrected chi connectivity index (χ0v) is 19.0. The molecule has 1 aliphatic heterocycles. The third-order valence-electron chi connectivity index (χ3n) is 6.02. The fourth-order valence-electron chi connectivity index (χ4n) is 4.23. The number of imidazole rings is 1. The van der Waals surface area contributed by atoms with Gasteiger partial charge < -0.3 is 4.90 Å². The molecule has 2 amide bonds. The lowest BCUT2D eigenvalue weighted by Crippen LogP contribution is -2.35. The van der Waals surface area contributed by atoms with Gasteiger partial charge in [-0.25, -0.2) is 9.97 Å². The molecule has 1 N–H and O–H groups in total. The van der Waals surface area contributed by atoms with E-state index in [4.69, 9.17) is 5.26 Å². The number of nitrogens with zero attached hydrogens (tertiary/aromatic N) is 6. The van der Waals surface area contributed by atoms with E-state index in [0.717, 1.165) is 37.9 Å². The number of nitrogens with one attached hydrogen (secondary N) is 1. The lowest BCUT2D eigenvalue weighted by Gasteiger charge is -2.26. The number of carbonyl (C=O) groups excluding carboxylic acids is 2. The Balaban J connectivity index is 1.51. The summed E-state index contributed by atoms with van der Waals surface area (Å²) in [5.41, 5.74) is 3.18. The van der Waals surface area contributed by atoms with Crippen LogP contribution in [0.1, 0.15) is 51.1 Å². The number of amides is 2. The van der Waals surface area contributed by atoms with Gasteiger partial charge in [0.2, 0.25) is 5.95 Å². The molecule has 35 heavy (non-hydrogen) atoms. The van der Waals surface area contributed by atoms with Crippen LogP contribution in [0.5, 0.6) is 0 Å². The van der Waals surface area contributed by atoms with Gasteiger partial charge in [0.05, 0.1) is 23.7 Å². The number of aromatic nitrogens is 4. The van der Waals surface area contributed by atoms with Crippen LogP contribution in [0, 0.1) is 11.3 Å². The molecule has 0 radical (unpaired) electrons. The highest BCUT2D eigenvalue weighted by molar-refractivity contribution is 6.04. The Hall–Kier alpha value is -4.58. The van der Waals surface area contributed by atoms with E-state index in [0.29, 0.717) is 40.3 Å². The number of nitriles is 1. The molecule has 0 aliphatic carbocycles. The number of hydrogen-bond donors (Lipinski definition) is 1. The van der Waals surface area contributed by atoms with Gasteiger partial charge in [0.25, 0.3) is 11.8 Å². The summed E-state index contributed by atoms with van der Waals surface area (Å²) in [4.78, 5) is 41.2. The molecule has 0 bridgehead atoms. The van der Waals surface area contributed by atoms with Gasteiger partial charge >= 0.3 is 0 Å². The smallest absolute Gasteiger partial charge is 0.258 e. The molecular formula is C26H23N7O2. The van der Waals surface area contributed by atoms with Crippen LogP contribution in [-0.4, -0.2) is 49.3 Å². The Kier molecular flexibility index (Phi) is 6.18. The third-order valence-corrected chi connectivity index (χ3v) is 6.02. The van der Waals surface area contributed by atoms with Gasteiger partial charge in [-0.05, 0) is 55.2 Å². The lowest BCUT2D eigenvalue weighted by molar-refractivity contribution is 0.0724. The van der Waals surface area contributed by atoms with Crippen LogP contribution in [0.2, 0.25) is 0 Å². The minimum Gasteiger partial charge on any atom is -0.339 e. The fourth-order valence-corrected chi connectivity index (χ4v) is 4.23. The first-order chi connectivity index (χ1) is 17.1. The molecule has 1 saturated heterocycles. The summed E-state index contributed by atoms with van der Waals surface area (Å²) < 4.78 is 1.79. The van der Waals surface area contributed by atoms with Gasteiger partial charge in [-0.1, -0.05) is 12.1 Å². The lowest BCUT2D eigenvalue weighted by atomic mass is 10.1. The molecular weight excluding hydrogens is 442 g/mol. The van der Waals surface area contributed by atoms with Gasteiger partial charge in [-0.2, -0.15) is 5.26 Å². The van der Waals surface area contributed by atoms with Crippen molar-refractivity contribution < 1.29 is 9.59 Å². The SMILES string of the molecule is N#Cc1cccc(C(=O)Nc2nc3cc(C(=O)N4CCCCC4)cnc3n2Cc2cccnc2)c1. The standard InChI is InChI=1S/C26H23N7O2/c27-14-18-6-4-8-20(12-18)24(34)31-26-30-22-13-21(25(35)32-10-2-1-3-11-32)16-29-23(22)33(26)17-19-7-5-9-28-15-19/h4-9,12-13,15-16H,1-3,10-11,17H2,(H,30,31,34). The molecule has 3 aromatic heterocycles. The maximum absolute atomic E-state index is 13.0. The highest BCUT2D eigenvalue weighted by atomic mass is 16.2. The summed E-state index contributed by atoms with van der Waals surface area (Å²) in [6, 6.07) is 14.0. The van der Waals surface area contributed by atoms with Crippen LogP contribution in [0.25, 0.3) is 11.2 Å². The molecule has 9 heteroatoms. The highest BCUT2D eigenvalue weighted by Gasteiger charge is 2.21. The Bertz CT molecular complexity index is 1430. The Morgan fingerprint density at radius 1 is 1.03 bits per heavy atom. The first-order valence-corrected chi connectivity index (χ1v) is 11.5. The largest absolute Gasteiger partial charge is 0.339 e. The number of pyridine rings is 2. The van der Waals surface area contributed by atoms with Gasteiger partial charge in [-0.15, -0.1) is 0 Å². The summed E-state index contributed by atoms with van der Waals surface area (Å²) in [6.45, 7) is 1.87. The number of hydrogen-bond acceptors (Lipinski definition) is 6.